The van der Waals surface area contributed by atoms with Gasteiger partial charge in [0, 0.05) is 5.56 Å². The van der Waals surface area contributed by atoms with Crippen LogP contribution >= 0.6 is 0 Å². The van der Waals surface area contributed by atoms with Crippen LogP contribution in [0.2, 0.25) is 0 Å². The van der Waals surface area contributed by atoms with E-state index in [0.29, 0.717) is 6.07 Å². The molecule has 0 amide bonds. The van der Waals surface area contributed by atoms with Crippen molar-refractivity contribution in [3.8, 4) is 0 Å². The Labute approximate surface area is 146 Å². The van der Waals surface area contributed by atoms with Crippen molar-refractivity contribution in [2.45, 2.75) is 4.90 Å². The summed E-state index contributed by atoms with van der Waals surface area (Å²) in [6, 6.07) is 6.32. The van der Waals surface area contributed by atoms with E-state index < -0.39 is 52.4 Å². The number of rotatable bonds is 7. The van der Waals surface area contributed by atoms with E-state index in [4.69, 9.17) is 0 Å². The summed E-state index contributed by atoms with van der Waals surface area (Å²) in [7, 11) is -4.07. The van der Waals surface area contributed by atoms with Gasteiger partial charge in [0.05, 0.1) is 4.90 Å². The second-order valence-electron chi connectivity index (χ2n) is 4.99. The van der Waals surface area contributed by atoms with Crippen LogP contribution in [0.3, 0.4) is 0 Å². The summed E-state index contributed by atoms with van der Waals surface area (Å²) < 4.78 is 68.9. The normalized spacial score (nSPS) is 11.2. The van der Waals surface area contributed by atoms with Crippen molar-refractivity contribution < 1.29 is 35.9 Å². The van der Waals surface area contributed by atoms with E-state index in [9.17, 15) is 31.2 Å². The number of benzene rings is 2. The van der Waals surface area contributed by atoms with Crippen molar-refractivity contribution in [3.05, 3.63) is 65.5 Å². The predicted molar refractivity (Wildman–Crippen MR) is 83.2 cm³/mol. The molecule has 0 heterocycles. The van der Waals surface area contributed by atoms with Crippen LogP contribution in [-0.4, -0.2) is 33.3 Å². The monoisotopic (exact) mass is 387 g/mol. The second kappa shape index (κ2) is 8.11. The quantitative estimate of drug-likeness (QED) is 0.578. The molecule has 0 fully saturated rings. The average molecular weight is 387 g/mol. The topological polar surface area (TPSA) is 89.5 Å². The van der Waals surface area contributed by atoms with Crippen molar-refractivity contribution >= 4 is 21.8 Å². The summed E-state index contributed by atoms with van der Waals surface area (Å²) in [5.41, 5.74) is -0.205. The molecule has 1 N–H and O–H groups in total. The Balaban J connectivity index is 1.87. The summed E-state index contributed by atoms with van der Waals surface area (Å²) in [6.45, 7) is -1.55. The lowest BCUT2D eigenvalue weighted by Gasteiger charge is -2.07. The van der Waals surface area contributed by atoms with Crippen molar-refractivity contribution in [3.63, 3.8) is 0 Å². The molecule has 2 aromatic rings. The molecular weight excluding hydrogens is 375 g/mol. The molecule has 0 aliphatic carbocycles. The van der Waals surface area contributed by atoms with Crippen LogP contribution in [-0.2, 0) is 19.6 Å². The molecule has 2 aromatic carbocycles. The number of Topliss-reactive ketones (excluding diaryl/α,β-unsaturated/α-hetero) is 1. The van der Waals surface area contributed by atoms with Gasteiger partial charge in [0.1, 0.15) is 12.4 Å². The summed E-state index contributed by atoms with van der Waals surface area (Å²) in [5.74, 6) is -4.84. The summed E-state index contributed by atoms with van der Waals surface area (Å²) in [5, 5.41) is 0. The maximum Gasteiger partial charge on any atom is 0.321 e. The van der Waals surface area contributed by atoms with E-state index in [1.54, 1.807) is 0 Å². The van der Waals surface area contributed by atoms with Gasteiger partial charge in [-0.25, -0.2) is 21.6 Å². The van der Waals surface area contributed by atoms with Gasteiger partial charge in [0.2, 0.25) is 10.0 Å². The van der Waals surface area contributed by atoms with Gasteiger partial charge in [-0.15, -0.1) is 0 Å². The molecule has 10 heteroatoms. The van der Waals surface area contributed by atoms with E-state index in [1.165, 1.54) is 0 Å². The molecule has 26 heavy (non-hydrogen) atoms. The molecule has 2 rings (SSSR count). The number of halogens is 3. The molecule has 0 bridgehead atoms. The number of esters is 1. The highest BCUT2D eigenvalue weighted by Gasteiger charge is 2.17. The molecule has 0 spiro atoms. The van der Waals surface area contributed by atoms with Crippen LogP contribution in [0, 0.1) is 17.5 Å². The van der Waals surface area contributed by atoms with Gasteiger partial charge in [-0.2, -0.15) is 4.72 Å². The van der Waals surface area contributed by atoms with E-state index in [0.717, 1.165) is 36.4 Å². The molecule has 0 radical (unpaired) electrons. The van der Waals surface area contributed by atoms with E-state index in [1.807, 2.05) is 4.72 Å². The van der Waals surface area contributed by atoms with E-state index in [-0.39, 0.29) is 10.5 Å². The predicted octanol–water partition coefficient (Wildman–Crippen LogP) is 1.81. The highest BCUT2D eigenvalue weighted by atomic mass is 32.2. The third-order valence-electron chi connectivity index (χ3n) is 3.14. The Kier molecular flexibility index (Phi) is 6.11. The maximum atomic E-state index is 13.0. The number of sulfonamides is 1. The minimum absolute atomic E-state index is 0.205. The van der Waals surface area contributed by atoms with Gasteiger partial charge in [-0.1, -0.05) is 0 Å². The van der Waals surface area contributed by atoms with Crippen molar-refractivity contribution in [1.29, 1.82) is 0 Å². The molecular formula is C16H12F3NO5S. The summed E-state index contributed by atoms with van der Waals surface area (Å²) in [4.78, 5) is 23.0. The number of carbonyl (C=O) groups excluding carboxylic acids is 2. The third-order valence-corrected chi connectivity index (χ3v) is 4.55. The van der Waals surface area contributed by atoms with E-state index >= 15 is 0 Å². The number of hydrogen-bond donors (Lipinski definition) is 1. The number of hydrogen-bond acceptors (Lipinski definition) is 5. The third kappa shape index (κ3) is 5.14. The van der Waals surface area contributed by atoms with Crippen LogP contribution < -0.4 is 4.72 Å². The fourth-order valence-corrected chi connectivity index (χ4v) is 2.77. The van der Waals surface area contributed by atoms with Crippen molar-refractivity contribution in [1.82, 2.24) is 4.72 Å². The van der Waals surface area contributed by atoms with Gasteiger partial charge >= 0.3 is 5.97 Å². The first kappa shape index (κ1) is 19.6. The number of ketones is 1. The minimum Gasteiger partial charge on any atom is -0.456 e. The van der Waals surface area contributed by atoms with Crippen LogP contribution in [0.25, 0.3) is 0 Å². The Bertz CT molecular complexity index is 929. The molecule has 0 aliphatic heterocycles. The van der Waals surface area contributed by atoms with Crippen LogP contribution in [0.1, 0.15) is 10.4 Å². The van der Waals surface area contributed by atoms with Gasteiger partial charge in [0.15, 0.2) is 24.0 Å². The molecule has 138 valence electrons. The Morgan fingerprint density at radius 2 is 1.62 bits per heavy atom. The fourth-order valence-electron chi connectivity index (χ4n) is 1.80. The zero-order valence-electron chi connectivity index (χ0n) is 13.0. The lowest BCUT2D eigenvalue weighted by molar-refractivity contribution is -0.141. The van der Waals surface area contributed by atoms with Crippen LogP contribution in [0.4, 0.5) is 13.2 Å². The largest absolute Gasteiger partial charge is 0.456 e. The van der Waals surface area contributed by atoms with Gasteiger partial charge < -0.3 is 4.74 Å². The molecule has 0 atom stereocenters. The molecule has 0 unspecified atom stereocenters. The van der Waals surface area contributed by atoms with Crippen molar-refractivity contribution in [2.75, 3.05) is 13.2 Å². The standard InChI is InChI=1S/C16H12F3NO5S/c17-11-2-4-12(5-3-11)26(23,24)20-8-16(22)25-9-15(21)10-1-6-13(18)14(19)7-10/h1-7,20H,8-9H2. The zero-order valence-corrected chi connectivity index (χ0v) is 13.9. The minimum atomic E-state index is -4.07. The molecule has 0 saturated carbocycles. The van der Waals surface area contributed by atoms with Crippen molar-refractivity contribution in [2.24, 2.45) is 0 Å². The lowest BCUT2D eigenvalue weighted by atomic mass is 10.1. The number of carbonyl (C=O) groups is 2. The van der Waals surface area contributed by atoms with E-state index in [2.05, 4.69) is 4.74 Å². The Morgan fingerprint density at radius 3 is 2.23 bits per heavy atom. The zero-order chi connectivity index (χ0) is 19.3. The highest BCUT2D eigenvalue weighted by molar-refractivity contribution is 7.89. The first-order chi connectivity index (χ1) is 12.2. The van der Waals surface area contributed by atoms with Gasteiger partial charge in [-0.3, -0.25) is 9.59 Å². The highest BCUT2D eigenvalue weighted by Crippen LogP contribution is 2.10. The van der Waals surface area contributed by atoms with Crippen LogP contribution in [0.15, 0.2) is 47.4 Å². The summed E-state index contributed by atoms with van der Waals surface area (Å²) in [6.07, 6.45) is 0. The molecule has 0 aliphatic rings. The molecule has 0 aromatic heterocycles. The number of nitrogens with one attached hydrogen (secondary N) is 1. The maximum absolute atomic E-state index is 13.0. The smallest absolute Gasteiger partial charge is 0.321 e. The molecule has 0 saturated heterocycles. The summed E-state index contributed by atoms with van der Waals surface area (Å²) >= 11 is 0. The number of ether oxygens (including phenoxy) is 1. The van der Waals surface area contributed by atoms with Gasteiger partial charge in [0.25, 0.3) is 0 Å². The Hall–Kier alpha value is -2.72. The fraction of sp³-hybridized carbons (Fsp3) is 0.125. The second-order valence-corrected chi connectivity index (χ2v) is 6.76. The Morgan fingerprint density at radius 1 is 0.962 bits per heavy atom. The average Bonchev–Trinajstić information content (AvgIpc) is 2.60. The lowest BCUT2D eigenvalue weighted by Crippen LogP contribution is -2.31. The molecule has 6 nitrogen and oxygen atoms in total. The SMILES string of the molecule is O=C(CNS(=O)(=O)c1ccc(F)cc1)OCC(=O)c1ccc(F)c(F)c1. The van der Waals surface area contributed by atoms with Crippen LogP contribution in [0.5, 0.6) is 0 Å². The van der Waals surface area contributed by atoms with Gasteiger partial charge in [-0.05, 0) is 42.5 Å². The first-order valence-electron chi connectivity index (χ1n) is 7.08. The first-order valence-corrected chi connectivity index (χ1v) is 8.56.